The van der Waals surface area contributed by atoms with Gasteiger partial charge in [0.2, 0.25) is 0 Å². The summed E-state index contributed by atoms with van der Waals surface area (Å²) in [5.41, 5.74) is 0.587. The Kier molecular flexibility index (Phi) is 8.18. The van der Waals surface area contributed by atoms with E-state index in [1.54, 1.807) is 12.1 Å². The van der Waals surface area contributed by atoms with Gasteiger partial charge in [0.1, 0.15) is 5.75 Å². The highest BCUT2D eigenvalue weighted by Gasteiger charge is 2.09. The predicted molar refractivity (Wildman–Crippen MR) is 75.4 cm³/mol. The first-order chi connectivity index (χ1) is 9.63. The summed E-state index contributed by atoms with van der Waals surface area (Å²) in [5.74, 6) is 0.129. The Balaban J connectivity index is 2.38. The minimum Gasteiger partial charge on any atom is -0.434 e. The molecule has 0 amide bonds. The van der Waals surface area contributed by atoms with Crippen LogP contribution in [-0.2, 0) is 11.3 Å². The van der Waals surface area contributed by atoms with E-state index in [0.717, 1.165) is 6.42 Å². The van der Waals surface area contributed by atoms with E-state index in [-0.39, 0.29) is 5.75 Å². The molecule has 112 valence electrons. The van der Waals surface area contributed by atoms with Crippen LogP contribution in [0.2, 0.25) is 5.02 Å². The summed E-state index contributed by atoms with van der Waals surface area (Å²) in [7, 11) is 0. The third-order valence-electron chi connectivity index (χ3n) is 2.44. The van der Waals surface area contributed by atoms with Gasteiger partial charge >= 0.3 is 6.61 Å². The van der Waals surface area contributed by atoms with Crippen molar-refractivity contribution in [3.8, 4) is 5.75 Å². The van der Waals surface area contributed by atoms with Crippen molar-refractivity contribution in [3.63, 3.8) is 0 Å². The number of benzene rings is 1. The van der Waals surface area contributed by atoms with Crippen LogP contribution in [0.4, 0.5) is 8.78 Å². The highest BCUT2D eigenvalue weighted by molar-refractivity contribution is 6.30. The molecular weight excluding hydrogens is 288 g/mol. The fourth-order valence-corrected chi connectivity index (χ4v) is 1.73. The molecule has 0 aliphatic heterocycles. The molecule has 0 heterocycles. The Hall–Kier alpha value is -1.17. The molecule has 0 aliphatic rings. The third-order valence-corrected chi connectivity index (χ3v) is 2.68. The number of halogens is 3. The minimum absolute atomic E-state index is 0.129. The van der Waals surface area contributed by atoms with Crippen LogP contribution < -0.4 is 10.1 Å². The van der Waals surface area contributed by atoms with Gasteiger partial charge < -0.3 is 14.8 Å². The maximum Gasteiger partial charge on any atom is 0.387 e. The average Bonchev–Trinajstić information content (AvgIpc) is 2.40. The monoisotopic (exact) mass is 305 g/mol. The Morgan fingerprint density at radius 3 is 2.85 bits per heavy atom. The van der Waals surface area contributed by atoms with Gasteiger partial charge in [-0.25, -0.2) is 0 Å². The molecule has 1 rings (SSSR count). The quantitative estimate of drug-likeness (QED) is 0.529. The van der Waals surface area contributed by atoms with Gasteiger partial charge in [-0.2, -0.15) is 8.78 Å². The molecule has 0 aromatic heterocycles. The van der Waals surface area contributed by atoms with Crippen LogP contribution in [0.3, 0.4) is 0 Å². The van der Waals surface area contributed by atoms with Crippen molar-refractivity contribution in [2.75, 3.05) is 19.8 Å². The van der Waals surface area contributed by atoms with E-state index < -0.39 is 6.61 Å². The second-order valence-electron chi connectivity index (χ2n) is 4.00. The van der Waals surface area contributed by atoms with Crippen molar-refractivity contribution in [3.05, 3.63) is 41.4 Å². The predicted octanol–water partition coefficient (Wildman–Crippen LogP) is 3.62. The van der Waals surface area contributed by atoms with Crippen LogP contribution in [0.25, 0.3) is 0 Å². The summed E-state index contributed by atoms with van der Waals surface area (Å²) in [6.45, 7) is 2.90. The molecule has 6 heteroatoms. The van der Waals surface area contributed by atoms with Crippen molar-refractivity contribution in [2.24, 2.45) is 0 Å². The molecule has 0 radical (unpaired) electrons. The van der Waals surface area contributed by atoms with Crippen LogP contribution >= 0.6 is 11.6 Å². The molecule has 0 spiro atoms. The molecule has 3 nitrogen and oxygen atoms in total. The molecule has 1 aromatic rings. The highest BCUT2D eigenvalue weighted by atomic mass is 35.5. The molecule has 1 aromatic carbocycles. The lowest BCUT2D eigenvalue weighted by Gasteiger charge is -2.12. The zero-order chi connectivity index (χ0) is 14.8. The number of alkyl halides is 2. The Morgan fingerprint density at radius 2 is 2.15 bits per heavy atom. The normalized spacial score (nSPS) is 10.8. The second-order valence-corrected chi connectivity index (χ2v) is 4.43. The summed E-state index contributed by atoms with van der Waals surface area (Å²) >= 11 is 5.85. The van der Waals surface area contributed by atoms with Gasteiger partial charge in [-0.3, -0.25) is 0 Å². The van der Waals surface area contributed by atoms with Gasteiger partial charge in [0.25, 0.3) is 0 Å². The SMILES string of the molecule is C=CCCOCCNCc1cc(Cl)ccc1OC(F)F. The summed E-state index contributed by atoms with van der Waals surface area (Å²) in [4.78, 5) is 0. The first-order valence-electron chi connectivity index (χ1n) is 6.26. The number of nitrogens with one attached hydrogen (secondary N) is 1. The Bertz CT molecular complexity index is 416. The van der Waals surface area contributed by atoms with Gasteiger partial charge in [-0.15, -0.1) is 6.58 Å². The molecule has 0 saturated carbocycles. The molecule has 0 saturated heterocycles. The maximum atomic E-state index is 12.3. The van der Waals surface area contributed by atoms with E-state index in [9.17, 15) is 8.78 Å². The van der Waals surface area contributed by atoms with Crippen molar-refractivity contribution < 1.29 is 18.3 Å². The lowest BCUT2D eigenvalue weighted by Crippen LogP contribution is -2.20. The van der Waals surface area contributed by atoms with E-state index in [1.165, 1.54) is 12.1 Å². The van der Waals surface area contributed by atoms with E-state index in [1.807, 2.05) is 0 Å². The number of hydrogen-bond acceptors (Lipinski definition) is 3. The largest absolute Gasteiger partial charge is 0.434 e. The van der Waals surface area contributed by atoms with Crippen molar-refractivity contribution in [1.82, 2.24) is 5.32 Å². The number of hydrogen-bond donors (Lipinski definition) is 1. The van der Waals surface area contributed by atoms with E-state index in [4.69, 9.17) is 16.3 Å². The maximum absolute atomic E-state index is 12.3. The zero-order valence-corrected chi connectivity index (χ0v) is 11.8. The fourth-order valence-electron chi connectivity index (χ4n) is 1.53. The Morgan fingerprint density at radius 1 is 1.35 bits per heavy atom. The molecule has 1 N–H and O–H groups in total. The van der Waals surface area contributed by atoms with Crippen LogP contribution in [0, 0.1) is 0 Å². The number of rotatable bonds is 10. The van der Waals surface area contributed by atoms with Crippen LogP contribution in [0.15, 0.2) is 30.9 Å². The topological polar surface area (TPSA) is 30.5 Å². The lowest BCUT2D eigenvalue weighted by atomic mass is 10.2. The molecule has 20 heavy (non-hydrogen) atoms. The van der Waals surface area contributed by atoms with Crippen molar-refractivity contribution in [2.45, 2.75) is 19.6 Å². The third kappa shape index (κ3) is 6.84. The second kappa shape index (κ2) is 9.69. The van der Waals surface area contributed by atoms with Gasteiger partial charge in [0.05, 0.1) is 13.2 Å². The highest BCUT2D eigenvalue weighted by Crippen LogP contribution is 2.24. The van der Waals surface area contributed by atoms with E-state index in [0.29, 0.717) is 36.9 Å². The standard InChI is InChI=1S/C14H18ClF2NO2/c1-2-3-7-19-8-6-18-10-11-9-12(15)4-5-13(11)20-14(16)17/h2,4-5,9,14,18H,1,3,6-8,10H2. The zero-order valence-electron chi connectivity index (χ0n) is 11.1. The molecular formula is C14H18ClF2NO2. The summed E-state index contributed by atoms with van der Waals surface area (Å²) in [6, 6.07) is 4.55. The molecule has 0 atom stereocenters. The van der Waals surface area contributed by atoms with Crippen LogP contribution in [0.5, 0.6) is 5.75 Å². The molecule has 0 aliphatic carbocycles. The van der Waals surface area contributed by atoms with E-state index >= 15 is 0 Å². The molecule has 0 fully saturated rings. The first-order valence-corrected chi connectivity index (χ1v) is 6.64. The fraction of sp³-hybridized carbons (Fsp3) is 0.429. The van der Waals surface area contributed by atoms with Crippen molar-refractivity contribution >= 4 is 11.6 Å². The smallest absolute Gasteiger partial charge is 0.387 e. The van der Waals surface area contributed by atoms with Crippen LogP contribution in [-0.4, -0.2) is 26.4 Å². The van der Waals surface area contributed by atoms with Gasteiger partial charge in [0, 0.05) is 23.7 Å². The summed E-state index contributed by atoms with van der Waals surface area (Å²) in [6.07, 6.45) is 2.59. The Labute approximate surface area is 122 Å². The van der Waals surface area contributed by atoms with Crippen molar-refractivity contribution in [1.29, 1.82) is 0 Å². The van der Waals surface area contributed by atoms with Gasteiger partial charge in [0.15, 0.2) is 0 Å². The van der Waals surface area contributed by atoms with Crippen LogP contribution in [0.1, 0.15) is 12.0 Å². The molecule has 0 bridgehead atoms. The first kappa shape index (κ1) is 16.9. The van der Waals surface area contributed by atoms with Gasteiger partial charge in [-0.05, 0) is 24.6 Å². The number of ether oxygens (including phenoxy) is 2. The summed E-state index contributed by atoms with van der Waals surface area (Å²) in [5, 5.41) is 3.56. The lowest BCUT2D eigenvalue weighted by molar-refractivity contribution is -0.0505. The summed E-state index contributed by atoms with van der Waals surface area (Å²) < 4.78 is 34.3. The molecule has 0 unspecified atom stereocenters. The minimum atomic E-state index is -2.85. The average molecular weight is 306 g/mol. The van der Waals surface area contributed by atoms with Gasteiger partial charge in [-0.1, -0.05) is 17.7 Å². The van der Waals surface area contributed by atoms with E-state index in [2.05, 4.69) is 16.6 Å².